The van der Waals surface area contributed by atoms with Crippen molar-refractivity contribution in [1.29, 1.82) is 0 Å². The normalized spacial score (nSPS) is 22.4. The highest BCUT2D eigenvalue weighted by Crippen LogP contribution is 2.33. The number of anilines is 1. The number of carbonyl (C=O) groups is 1. The summed E-state index contributed by atoms with van der Waals surface area (Å²) in [5.41, 5.74) is 0.871. The number of benzene rings is 1. The van der Waals surface area contributed by atoms with E-state index in [9.17, 15) is 18.0 Å². The maximum Gasteiger partial charge on any atom is 0.416 e. The Morgan fingerprint density at radius 2 is 2.00 bits per heavy atom. The fraction of sp³-hybridized carbons (Fsp3) is 0.524. The molecule has 1 N–H and O–H groups in total. The summed E-state index contributed by atoms with van der Waals surface area (Å²) >= 11 is 0. The Kier molecular flexibility index (Phi) is 5.84. The highest BCUT2D eigenvalue weighted by molar-refractivity contribution is 5.93. The molecule has 2 fully saturated rings. The minimum atomic E-state index is -4.33. The Balaban J connectivity index is 1.41. The molecule has 2 aromatic rings. The van der Waals surface area contributed by atoms with Crippen LogP contribution in [0, 0.1) is 5.92 Å². The number of amides is 1. The standard InChI is InChI=1S/C21H25F3N4O2/c1-30-13-19-8-18(28-11-17(9-25-28)26-20(29)15-4-5-15)12-27(19)10-14-2-6-16(7-3-14)21(22,23)24/h2-3,6-7,9,11,15,18-19H,4-5,8,10,12-13H2,1H3,(H,26,29)/t18-,19-/m0/s1. The van der Waals surface area contributed by atoms with Gasteiger partial charge in [-0.3, -0.25) is 14.4 Å². The molecule has 2 aliphatic rings. The molecule has 0 radical (unpaired) electrons. The molecule has 0 bridgehead atoms. The molecule has 4 rings (SSSR count). The number of nitrogens with one attached hydrogen (secondary N) is 1. The lowest BCUT2D eigenvalue weighted by Crippen LogP contribution is -2.32. The number of nitrogens with zero attached hydrogens (tertiary/aromatic N) is 3. The Morgan fingerprint density at radius 1 is 1.27 bits per heavy atom. The number of methoxy groups -OCH3 is 1. The minimum Gasteiger partial charge on any atom is -0.383 e. The van der Waals surface area contributed by atoms with Crippen molar-refractivity contribution >= 4 is 11.6 Å². The molecule has 1 saturated carbocycles. The molecule has 9 heteroatoms. The van der Waals surface area contributed by atoms with Gasteiger partial charge in [0.05, 0.1) is 30.1 Å². The lowest BCUT2D eigenvalue weighted by Gasteiger charge is -2.23. The second-order valence-corrected chi connectivity index (χ2v) is 8.10. The summed E-state index contributed by atoms with van der Waals surface area (Å²) in [7, 11) is 1.64. The molecule has 30 heavy (non-hydrogen) atoms. The molecule has 1 aliphatic heterocycles. The van der Waals surface area contributed by atoms with E-state index in [0.717, 1.165) is 37.0 Å². The van der Waals surface area contributed by atoms with Crippen LogP contribution < -0.4 is 5.32 Å². The Morgan fingerprint density at radius 3 is 2.63 bits per heavy atom. The minimum absolute atomic E-state index is 0.0437. The zero-order chi connectivity index (χ0) is 21.3. The van der Waals surface area contributed by atoms with Gasteiger partial charge in [0, 0.05) is 38.4 Å². The molecule has 2 atom stereocenters. The molecular formula is C21H25F3N4O2. The van der Waals surface area contributed by atoms with Crippen LogP contribution in [0.1, 0.15) is 36.4 Å². The van der Waals surface area contributed by atoms with Crippen LogP contribution in [0.15, 0.2) is 36.7 Å². The van der Waals surface area contributed by atoms with Gasteiger partial charge in [-0.15, -0.1) is 0 Å². The number of hydrogen-bond donors (Lipinski definition) is 1. The van der Waals surface area contributed by atoms with E-state index in [1.54, 1.807) is 13.3 Å². The third-order valence-electron chi connectivity index (χ3n) is 5.72. The average Bonchev–Trinajstić information content (AvgIpc) is 3.34. The highest BCUT2D eigenvalue weighted by Gasteiger charge is 2.35. The van der Waals surface area contributed by atoms with E-state index >= 15 is 0 Å². The van der Waals surface area contributed by atoms with Gasteiger partial charge < -0.3 is 10.1 Å². The second kappa shape index (κ2) is 8.39. The van der Waals surface area contributed by atoms with E-state index in [-0.39, 0.29) is 23.9 Å². The van der Waals surface area contributed by atoms with Crippen molar-refractivity contribution in [2.75, 3.05) is 25.6 Å². The monoisotopic (exact) mass is 422 g/mol. The molecule has 2 heterocycles. The highest BCUT2D eigenvalue weighted by atomic mass is 19.4. The van der Waals surface area contributed by atoms with E-state index in [1.165, 1.54) is 12.1 Å². The van der Waals surface area contributed by atoms with Gasteiger partial charge in [-0.05, 0) is 37.0 Å². The van der Waals surface area contributed by atoms with Gasteiger partial charge in [0.1, 0.15) is 0 Å². The van der Waals surface area contributed by atoms with Crippen LogP contribution in [-0.2, 0) is 22.3 Å². The summed E-state index contributed by atoms with van der Waals surface area (Å²) in [4.78, 5) is 14.1. The van der Waals surface area contributed by atoms with Gasteiger partial charge in [-0.2, -0.15) is 18.3 Å². The molecule has 6 nitrogen and oxygen atoms in total. The number of alkyl halides is 3. The van der Waals surface area contributed by atoms with Gasteiger partial charge in [-0.25, -0.2) is 0 Å². The molecular weight excluding hydrogens is 397 g/mol. The number of likely N-dealkylation sites (tertiary alicyclic amines) is 1. The van der Waals surface area contributed by atoms with Crippen molar-refractivity contribution < 1.29 is 22.7 Å². The first-order chi connectivity index (χ1) is 14.3. The molecule has 162 valence electrons. The van der Waals surface area contributed by atoms with Gasteiger partial charge in [0.2, 0.25) is 5.91 Å². The third kappa shape index (κ3) is 4.84. The van der Waals surface area contributed by atoms with Crippen LogP contribution >= 0.6 is 0 Å². The average molecular weight is 422 g/mol. The van der Waals surface area contributed by atoms with Crippen LogP contribution in [0.5, 0.6) is 0 Å². The van der Waals surface area contributed by atoms with Crippen molar-refractivity contribution in [2.45, 2.75) is 44.1 Å². The Hall–Kier alpha value is -2.39. The molecule has 1 aromatic heterocycles. The Bertz CT molecular complexity index is 877. The molecule has 1 amide bonds. The van der Waals surface area contributed by atoms with Gasteiger partial charge >= 0.3 is 6.18 Å². The number of aromatic nitrogens is 2. The predicted octanol–water partition coefficient (Wildman–Crippen LogP) is 3.71. The number of hydrogen-bond acceptors (Lipinski definition) is 4. The predicted molar refractivity (Wildman–Crippen MR) is 105 cm³/mol. The number of ether oxygens (including phenoxy) is 1. The summed E-state index contributed by atoms with van der Waals surface area (Å²) < 4.78 is 45.6. The van der Waals surface area contributed by atoms with E-state index < -0.39 is 11.7 Å². The van der Waals surface area contributed by atoms with Crippen LogP contribution in [0.4, 0.5) is 18.9 Å². The maximum absolute atomic E-state index is 12.8. The first-order valence-corrected chi connectivity index (χ1v) is 10.1. The zero-order valence-electron chi connectivity index (χ0n) is 16.7. The van der Waals surface area contributed by atoms with Crippen molar-refractivity contribution in [3.05, 3.63) is 47.8 Å². The molecule has 1 saturated heterocycles. The SMILES string of the molecule is COC[C@@H]1C[C@H](n2cc(NC(=O)C3CC3)cn2)CN1Cc1ccc(C(F)(F)F)cc1. The van der Waals surface area contributed by atoms with Crippen molar-refractivity contribution in [3.8, 4) is 0 Å². The maximum atomic E-state index is 12.8. The van der Waals surface area contributed by atoms with E-state index in [4.69, 9.17) is 4.74 Å². The van der Waals surface area contributed by atoms with E-state index in [1.807, 2.05) is 10.9 Å². The molecule has 0 unspecified atom stereocenters. The summed E-state index contributed by atoms with van der Waals surface area (Å²) in [5, 5.41) is 7.32. The quantitative estimate of drug-likeness (QED) is 0.739. The van der Waals surface area contributed by atoms with Crippen molar-refractivity contribution in [2.24, 2.45) is 5.92 Å². The fourth-order valence-corrected chi connectivity index (χ4v) is 3.93. The number of rotatable bonds is 7. The number of carbonyl (C=O) groups excluding carboxylic acids is 1. The summed E-state index contributed by atoms with van der Waals surface area (Å²) in [6.07, 6.45) is 1.87. The summed E-state index contributed by atoms with van der Waals surface area (Å²) in [6, 6.07) is 5.54. The largest absolute Gasteiger partial charge is 0.416 e. The second-order valence-electron chi connectivity index (χ2n) is 8.10. The topological polar surface area (TPSA) is 59.4 Å². The van der Waals surface area contributed by atoms with Gasteiger partial charge in [0.15, 0.2) is 0 Å². The van der Waals surface area contributed by atoms with Crippen molar-refractivity contribution in [1.82, 2.24) is 14.7 Å². The summed E-state index contributed by atoms with van der Waals surface area (Å²) in [6.45, 7) is 1.77. The van der Waals surface area contributed by atoms with Crippen LogP contribution in [0.2, 0.25) is 0 Å². The zero-order valence-corrected chi connectivity index (χ0v) is 16.7. The lowest BCUT2D eigenvalue weighted by atomic mass is 10.1. The van der Waals surface area contributed by atoms with Gasteiger partial charge in [-0.1, -0.05) is 12.1 Å². The van der Waals surface area contributed by atoms with Crippen molar-refractivity contribution in [3.63, 3.8) is 0 Å². The van der Waals surface area contributed by atoms with Crippen LogP contribution in [0.3, 0.4) is 0 Å². The van der Waals surface area contributed by atoms with Crippen LogP contribution in [0.25, 0.3) is 0 Å². The van der Waals surface area contributed by atoms with Crippen LogP contribution in [-0.4, -0.2) is 46.9 Å². The molecule has 1 aromatic carbocycles. The third-order valence-corrected chi connectivity index (χ3v) is 5.72. The Labute approximate surface area is 173 Å². The smallest absolute Gasteiger partial charge is 0.383 e. The van der Waals surface area contributed by atoms with E-state index in [2.05, 4.69) is 15.3 Å². The first kappa shape index (κ1) is 20.9. The fourth-order valence-electron chi connectivity index (χ4n) is 3.93. The molecule has 1 aliphatic carbocycles. The number of halogens is 3. The molecule has 0 spiro atoms. The van der Waals surface area contributed by atoms with Gasteiger partial charge in [0.25, 0.3) is 0 Å². The lowest BCUT2D eigenvalue weighted by molar-refractivity contribution is -0.137. The summed E-state index contributed by atoms with van der Waals surface area (Å²) in [5.74, 6) is 0.173. The van der Waals surface area contributed by atoms with E-state index in [0.29, 0.717) is 25.4 Å². The first-order valence-electron chi connectivity index (χ1n) is 10.1.